The van der Waals surface area contributed by atoms with Gasteiger partial charge in [-0.2, -0.15) is 0 Å². The smallest absolute Gasteiger partial charge is 0.269 e. The van der Waals surface area contributed by atoms with Crippen LogP contribution in [-0.2, 0) is 0 Å². The third-order valence-electron chi connectivity index (χ3n) is 3.89. The van der Waals surface area contributed by atoms with Crippen molar-refractivity contribution in [3.63, 3.8) is 0 Å². The highest BCUT2D eigenvalue weighted by Crippen LogP contribution is 2.21. The topological polar surface area (TPSA) is 75.8 Å². The molecule has 1 N–H and O–H groups in total. The van der Waals surface area contributed by atoms with Crippen molar-refractivity contribution >= 4 is 5.69 Å². The molecule has 1 aliphatic heterocycles. The van der Waals surface area contributed by atoms with E-state index in [0.717, 1.165) is 25.9 Å². The van der Waals surface area contributed by atoms with Gasteiger partial charge in [-0.1, -0.05) is 0 Å². The number of hydrogen-bond acceptors (Lipinski definition) is 5. The summed E-state index contributed by atoms with van der Waals surface area (Å²) < 4.78 is 5.64. The number of rotatable bonds is 8. The van der Waals surface area contributed by atoms with Gasteiger partial charge < -0.3 is 9.84 Å². The summed E-state index contributed by atoms with van der Waals surface area (Å²) in [6.07, 6.45) is 4.28. The average molecular weight is 294 g/mol. The number of nitrogens with zero attached hydrogens (tertiary/aromatic N) is 2. The van der Waals surface area contributed by atoms with Gasteiger partial charge in [0.05, 0.1) is 4.92 Å². The molecule has 2 rings (SSSR count). The van der Waals surface area contributed by atoms with E-state index < -0.39 is 4.92 Å². The molecule has 0 spiro atoms. The number of non-ortho nitro benzene ring substituents is 1. The molecular formula is C15H22N2O4. The van der Waals surface area contributed by atoms with E-state index in [9.17, 15) is 10.1 Å². The van der Waals surface area contributed by atoms with Crippen molar-refractivity contribution in [2.45, 2.75) is 31.7 Å². The second-order valence-corrected chi connectivity index (χ2v) is 5.30. The Kier molecular flexibility index (Phi) is 5.95. The van der Waals surface area contributed by atoms with Crippen LogP contribution >= 0.6 is 0 Å². The lowest BCUT2D eigenvalue weighted by atomic mass is 10.1. The van der Waals surface area contributed by atoms with Crippen molar-refractivity contribution in [1.82, 2.24) is 4.90 Å². The Labute approximate surface area is 124 Å². The second kappa shape index (κ2) is 7.95. The van der Waals surface area contributed by atoms with Gasteiger partial charge in [-0.15, -0.1) is 0 Å². The van der Waals surface area contributed by atoms with Gasteiger partial charge in [0.2, 0.25) is 0 Å². The van der Waals surface area contributed by atoms with Crippen molar-refractivity contribution in [2.24, 2.45) is 0 Å². The van der Waals surface area contributed by atoms with Crippen LogP contribution in [-0.4, -0.2) is 47.3 Å². The van der Waals surface area contributed by atoms with Gasteiger partial charge in [-0.05, 0) is 44.4 Å². The summed E-state index contributed by atoms with van der Waals surface area (Å²) in [7, 11) is 0. The molecule has 0 saturated carbocycles. The molecule has 1 atom stereocenters. The van der Waals surface area contributed by atoms with Gasteiger partial charge in [-0.25, -0.2) is 0 Å². The van der Waals surface area contributed by atoms with Crippen LogP contribution in [0.1, 0.15) is 25.7 Å². The van der Waals surface area contributed by atoms with Gasteiger partial charge in [0.25, 0.3) is 5.69 Å². The van der Waals surface area contributed by atoms with Gasteiger partial charge in [0.1, 0.15) is 12.4 Å². The Morgan fingerprint density at radius 1 is 1.38 bits per heavy atom. The molecule has 21 heavy (non-hydrogen) atoms. The van der Waals surface area contributed by atoms with Crippen molar-refractivity contribution in [3.8, 4) is 5.75 Å². The minimum atomic E-state index is -0.417. The summed E-state index contributed by atoms with van der Waals surface area (Å²) in [5, 5.41) is 19.5. The van der Waals surface area contributed by atoms with Gasteiger partial charge in [0.15, 0.2) is 0 Å². The summed E-state index contributed by atoms with van der Waals surface area (Å²) in [4.78, 5) is 12.5. The zero-order valence-corrected chi connectivity index (χ0v) is 12.1. The quantitative estimate of drug-likeness (QED) is 0.587. The van der Waals surface area contributed by atoms with E-state index in [1.54, 1.807) is 12.1 Å². The lowest BCUT2D eigenvalue weighted by molar-refractivity contribution is -0.384. The Hall–Kier alpha value is -1.66. The molecule has 6 nitrogen and oxygen atoms in total. The number of aliphatic hydroxyl groups excluding tert-OH is 1. The van der Waals surface area contributed by atoms with Crippen LogP contribution in [0.2, 0.25) is 0 Å². The Balaban J connectivity index is 1.74. The van der Waals surface area contributed by atoms with Crippen LogP contribution in [0.4, 0.5) is 5.69 Å². The largest absolute Gasteiger partial charge is 0.492 e. The van der Waals surface area contributed by atoms with E-state index in [4.69, 9.17) is 9.84 Å². The summed E-state index contributed by atoms with van der Waals surface area (Å²) in [5.74, 6) is 0.659. The monoisotopic (exact) mass is 294 g/mol. The molecule has 0 aromatic heterocycles. The highest BCUT2D eigenvalue weighted by atomic mass is 16.6. The summed E-state index contributed by atoms with van der Waals surface area (Å²) in [6.45, 7) is 2.77. The first-order valence-corrected chi connectivity index (χ1v) is 7.43. The van der Waals surface area contributed by atoms with Crippen LogP contribution in [0, 0.1) is 10.1 Å². The van der Waals surface area contributed by atoms with Crippen molar-refractivity contribution in [2.75, 3.05) is 26.3 Å². The molecule has 1 aromatic rings. The molecule has 116 valence electrons. The molecule has 0 amide bonds. The number of nitro groups is 1. The van der Waals surface area contributed by atoms with Crippen LogP contribution in [0.5, 0.6) is 5.75 Å². The van der Waals surface area contributed by atoms with E-state index in [2.05, 4.69) is 4.90 Å². The summed E-state index contributed by atoms with van der Waals surface area (Å²) in [5.41, 5.74) is 0.0750. The van der Waals surface area contributed by atoms with Crippen molar-refractivity contribution in [1.29, 1.82) is 0 Å². The molecule has 0 bridgehead atoms. The van der Waals surface area contributed by atoms with Crippen LogP contribution in [0.15, 0.2) is 24.3 Å². The summed E-state index contributed by atoms with van der Waals surface area (Å²) in [6, 6.07) is 6.72. The molecule has 1 fully saturated rings. The Morgan fingerprint density at radius 2 is 2.14 bits per heavy atom. The van der Waals surface area contributed by atoms with Crippen molar-refractivity contribution in [3.05, 3.63) is 34.4 Å². The Morgan fingerprint density at radius 3 is 2.81 bits per heavy atom. The van der Waals surface area contributed by atoms with Gasteiger partial charge >= 0.3 is 0 Å². The van der Waals surface area contributed by atoms with Crippen LogP contribution < -0.4 is 4.74 Å². The maximum absolute atomic E-state index is 10.6. The minimum absolute atomic E-state index is 0.0750. The van der Waals surface area contributed by atoms with E-state index in [0.29, 0.717) is 18.4 Å². The minimum Gasteiger partial charge on any atom is -0.492 e. The normalized spacial score (nSPS) is 18.8. The van der Waals surface area contributed by atoms with E-state index in [1.807, 2.05) is 0 Å². The number of ether oxygens (including phenoxy) is 1. The SMILES string of the molecule is O=[N+]([O-])c1ccc(OCCN2CCCC2CCCO)cc1. The molecule has 1 aliphatic rings. The first-order chi connectivity index (χ1) is 10.2. The first-order valence-electron chi connectivity index (χ1n) is 7.43. The number of aliphatic hydroxyl groups is 1. The van der Waals surface area contributed by atoms with Crippen LogP contribution in [0.3, 0.4) is 0 Å². The second-order valence-electron chi connectivity index (χ2n) is 5.30. The zero-order chi connectivity index (χ0) is 15.1. The maximum Gasteiger partial charge on any atom is 0.269 e. The maximum atomic E-state index is 10.6. The molecule has 1 unspecified atom stereocenters. The van der Waals surface area contributed by atoms with Crippen molar-refractivity contribution < 1.29 is 14.8 Å². The predicted octanol–water partition coefficient (Wildman–Crippen LogP) is 2.21. The standard InChI is InChI=1S/C15H22N2O4/c18-11-2-4-13-3-1-9-16(13)10-12-21-15-7-5-14(6-8-15)17(19)20/h5-8,13,18H,1-4,9-12H2. The highest BCUT2D eigenvalue weighted by molar-refractivity contribution is 5.35. The summed E-state index contributed by atoms with van der Waals surface area (Å²) >= 11 is 0. The predicted molar refractivity (Wildman–Crippen MR) is 79.5 cm³/mol. The number of benzene rings is 1. The molecule has 1 aromatic carbocycles. The molecular weight excluding hydrogens is 272 g/mol. The Bertz CT molecular complexity index is 449. The fourth-order valence-corrected chi connectivity index (χ4v) is 2.79. The third kappa shape index (κ3) is 4.68. The fraction of sp³-hybridized carbons (Fsp3) is 0.600. The number of hydrogen-bond donors (Lipinski definition) is 1. The number of likely N-dealkylation sites (tertiary alicyclic amines) is 1. The molecule has 0 aliphatic carbocycles. The van der Waals surface area contributed by atoms with E-state index >= 15 is 0 Å². The fourth-order valence-electron chi connectivity index (χ4n) is 2.79. The van der Waals surface area contributed by atoms with Crippen LogP contribution in [0.25, 0.3) is 0 Å². The van der Waals surface area contributed by atoms with E-state index in [1.165, 1.54) is 25.0 Å². The first kappa shape index (κ1) is 15.7. The molecule has 0 radical (unpaired) electrons. The van der Waals surface area contributed by atoms with Gasteiger partial charge in [-0.3, -0.25) is 15.0 Å². The molecule has 1 heterocycles. The number of nitro benzene ring substituents is 1. The lowest BCUT2D eigenvalue weighted by Gasteiger charge is -2.24. The van der Waals surface area contributed by atoms with E-state index in [-0.39, 0.29) is 12.3 Å². The molecule has 1 saturated heterocycles. The van der Waals surface area contributed by atoms with Gasteiger partial charge in [0, 0.05) is 31.3 Å². The third-order valence-corrected chi connectivity index (χ3v) is 3.89. The lowest BCUT2D eigenvalue weighted by Crippen LogP contribution is -2.33. The highest BCUT2D eigenvalue weighted by Gasteiger charge is 2.23. The molecule has 6 heteroatoms. The average Bonchev–Trinajstić information content (AvgIpc) is 2.93. The zero-order valence-electron chi connectivity index (χ0n) is 12.1.